The Kier molecular flexibility index (Phi) is 5.59. The minimum absolute atomic E-state index is 0.201. The SMILES string of the molecule is CCC(CO)CNc1cc(Cl)c(OC)cc1C. The summed E-state index contributed by atoms with van der Waals surface area (Å²) in [5.74, 6) is 0.958. The van der Waals surface area contributed by atoms with E-state index in [0.717, 1.165) is 24.2 Å². The van der Waals surface area contributed by atoms with Crippen molar-refractivity contribution in [2.45, 2.75) is 20.3 Å². The molecule has 1 unspecified atom stereocenters. The summed E-state index contributed by atoms with van der Waals surface area (Å²) in [6, 6.07) is 3.77. The van der Waals surface area contributed by atoms with Gasteiger partial charge in [0.1, 0.15) is 5.75 Å². The van der Waals surface area contributed by atoms with Gasteiger partial charge in [-0.15, -0.1) is 0 Å². The minimum Gasteiger partial charge on any atom is -0.495 e. The van der Waals surface area contributed by atoms with Crippen LogP contribution in [0.2, 0.25) is 5.02 Å². The second-order valence-electron chi connectivity index (χ2n) is 4.14. The molecule has 0 fully saturated rings. The van der Waals surface area contributed by atoms with Gasteiger partial charge in [-0.1, -0.05) is 18.5 Å². The lowest BCUT2D eigenvalue weighted by molar-refractivity contribution is 0.230. The van der Waals surface area contributed by atoms with Gasteiger partial charge in [0.15, 0.2) is 0 Å². The number of rotatable bonds is 6. The molecule has 0 saturated heterocycles. The van der Waals surface area contributed by atoms with Crippen molar-refractivity contribution in [3.63, 3.8) is 0 Å². The van der Waals surface area contributed by atoms with Gasteiger partial charge in [0, 0.05) is 18.8 Å². The van der Waals surface area contributed by atoms with E-state index in [1.165, 1.54) is 0 Å². The summed E-state index contributed by atoms with van der Waals surface area (Å²) in [5, 5.41) is 13.0. The third-order valence-corrected chi connectivity index (χ3v) is 3.21. The quantitative estimate of drug-likeness (QED) is 0.823. The summed E-state index contributed by atoms with van der Waals surface area (Å²) in [7, 11) is 1.60. The smallest absolute Gasteiger partial charge is 0.137 e. The average Bonchev–Trinajstić information content (AvgIpc) is 2.34. The van der Waals surface area contributed by atoms with Gasteiger partial charge >= 0.3 is 0 Å². The van der Waals surface area contributed by atoms with Gasteiger partial charge in [-0.3, -0.25) is 0 Å². The molecule has 0 aliphatic carbocycles. The second kappa shape index (κ2) is 6.72. The fourth-order valence-electron chi connectivity index (χ4n) is 1.59. The number of methoxy groups -OCH3 is 1. The zero-order valence-electron chi connectivity index (χ0n) is 10.6. The number of hydrogen-bond donors (Lipinski definition) is 2. The number of benzene rings is 1. The second-order valence-corrected chi connectivity index (χ2v) is 4.55. The number of ether oxygens (including phenoxy) is 1. The molecule has 0 aliphatic heterocycles. The zero-order chi connectivity index (χ0) is 12.8. The van der Waals surface area contributed by atoms with Crippen LogP contribution in [0.5, 0.6) is 5.75 Å². The molecule has 0 radical (unpaired) electrons. The van der Waals surface area contributed by atoms with Crippen LogP contribution >= 0.6 is 11.6 Å². The molecule has 2 N–H and O–H groups in total. The number of aryl methyl sites for hydroxylation is 1. The van der Waals surface area contributed by atoms with Crippen molar-refractivity contribution in [2.75, 3.05) is 25.6 Å². The molecule has 0 bridgehead atoms. The number of nitrogens with one attached hydrogen (secondary N) is 1. The highest BCUT2D eigenvalue weighted by atomic mass is 35.5. The summed E-state index contributed by atoms with van der Waals surface area (Å²) in [5.41, 5.74) is 2.07. The highest BCUT2D eigenvalue weighted by molar-refractivity contribution is 6.32. The molecule has 0 amide bonds. The predicted molar refractivity (Wildman–Crippen MR) is 72.1 cm³/mol. The predicted octanol–water partition coefficient (Wildman–Crippen LogP) is 3.09. The van der Waals surface area contributed by atoms with Crippen molar-refractivity contribution in [1.29, 1.82) is 0 Å². The number of aliphatic hydroxyl groups is 1. The van der Waals surface area contributed by atoms with Crippen LogP contribution in [0.15, 0.2) is 12.1 Å². The molecule has 1 aromatic rings. The molecule has 1 atom stereocenters. The van der Waals surface area contributed by atoms with Crippen LogP contribution in [0.3, 0.4) is 0 Å². The van der Waals surface area contributed by atoms with E-state index in [-0.39, 0.29) is 12.5 Å². The Morgan fingerprint density at radius 3 is 2.71 bits per heavy atom. The van der Waals surface area contributed by atoms with E-state index >= 15 is 0 Å². The average molecular weight is 258 g/mol. The molecular weight excluding hydrogens is 238 g/mol. The largest absolute Gasteiger partial charge is 0.495 e. The minimum atomic E-state index is 0.201. The Morgan fingerprint density at radius 2 is 2.18 bits per heavy atom. The van der Waals surface area contributed by atoms with Gasteiger partial charge < -0.3 is 15.2 Å². The third-order valence-electron chi connectivity index (χ3n) is 2.92. The molecule has 0 spiro atoms. The van der Waals surface area contributed by atoms with Crippen LogP contribution in [-0.2, 0) is 0 Å². The topological polar surface area (TPSA) is 41.5 Å². The summed E-state index contributed by atoms with van der Waals surface area (Å²) < 4.78 is 5.15. The van der Waals surface area contributed by atoms with E-state index in [4.69, 9.17) is 21.4 Å². The van der Waals surface area contributed by atoms with Crippen LogP contribution < -0.4 is 10.1 Å². The Balaban J connectivity index is 2.75. The first-order valence-corrected chi connectivity index (χ1v) is 6.19. The van der Waals surface area contributed by atoms with Crippen molar-refractivity contribution in [3.8, 4) is 5.75 Å². The van der Waals surface area contributed by atoms with E-state index in [2.05, 4.69) is 12.2 Å². The van der Waals surface area contributed by atoms with Gasteiger partial charge in [-0.25, -0.2) is 0 Å². The van der Waals surface area contributed by atoms with Crippen LogP contribution in [0.25, 0.3) is 0 Å². The van der Waals surface area contributed by atoms with Crippen LogP contribution in [-0.4, -0.2) is 25.4 Å². The summed E-state index contributed by atoms with van der Waals surface area (Å²) in [4.78, 5) is 0. The molecule has 0 aromatic heterocycles. The van der Waals surface area contributed by atoms with E-state index in [1.54, 1.807) is 7.11 Å². The van der Waals surface area contributed by atoms with Crippen LogP contribution in [0.1, 0.15) is 18.9 Å². The maximum atomic E-state index is 9.12. The van der Waals surface area contributed by atoms with Gasteiger partial charge in [0.2, 0.25) is 0 Å². The molecular formula is C13H20ClNO2. The maximum absolute atomic E-state index is 9.12. The fourth-order valence-corrected chi connectivity index (χ4v) is 1.83. The Labute approximate surface area is 108 Å². The lowest BCUT2D eigenvalue weighted by atomic mass is 10.1. The molecule has 0 saturated carbocycles. The molecule has 0 aliphatic rings. The molecule has 3 nitrogen and oxygen atoms in total. The molecule has 1 rings (SSSR count). The third kappa shape index (κ3) is 3.79. The Hall–Kier alpha value is -0.930. The van der Waals surface area contributed by atoms with Crippen LogP contribution in [0, 0.1) is 12.8 Å². The molecule has 17 heavy (non-hydrogen) atoms. The molecule has 96 valence electrons. The number of hydrogen-bond acceptors (Lipinski definition) is 3. The van der Waals surface area contributed by atoms with Crippen molar-refractivity contribution >= 4 is 17.3 Å². The number of aliphatic hydroxyl groups excluding tert-OH is 1. The van der Waals surface area contributed by atoms with Gasteiger partial charge in [0.25, 0.3) is 0 Å². The highest BCUT2D eigenvalue weighted by Crippen LogP contribution is 2.30. The zero-order valence-corrected chi connectivity index (χ0v) is 11.3. The van der Waals surface area contributed by atoms with Gasteiger partial charge in [-0.2, -0.15) is 0 Å². The van der Waals surface area contributed by atoms with Crippen molar-refractivity contribution in [2.24, 2.45) is 5.92 Å². The first-order chi connectivity index (χ1) is 8.12. The number of anilines is 1. The monoisotopic (exact) mass is 257 g/mol. The van der Waals surface area contributed by atoms with E-state index in [9.17, 15) is 0 Å². The van der Waals surface area contributed by atoms with E-state index in [0.29, 0.717) is 10.8 Å². The maximum Gasteiger partial charge on any atom is 0.137 e. The molecule has 4 heteroatoms. The lowest BCUT2D eigenvalue weighted by Gasteiger charge is -2.16. The van der Waals surface area contributed by atoms with Gasteiger partial charge in [-0.05, 0) is 37.0 Å². The Bertz CT molecular complexity index is 365. The Morgan fingerprint density at radius 1 is 1.47 bits per heavy atom. The van der Waals surface area contributed by atoms with Gasteiger partial charge in [0.05, 0.1) is 12.1 Å². The molecule has 0 heterocycles. The normalized spacial score (nSPS) is 12.3. The van der Waals surface area contributed by atoms with Crippen molar-refractivity contribution in [3.05, 3.63) is 22.7 Å². The fraction of sp³-hybridized carbons (Fsp3) is 0.538. The van der Waals surface area contributed by atoms with E-state index in [1.807, 2.05) is 19.1 Å². The first-order valence-electron chi connectivity index (χ1n) is 5.81. The van der Waals surface area contributed by atoms with E-state index < -0.39 is 0 Å². The standard InChI is InChI=1S/C13H20ClNO2/c1-4-10(8-16)7-15-12-6-11(14)13(17-3)5-9(12)2/h5-6,10,15-16H,4,7-8H2,1-3H3. The van der Waals surface area contributed by atoms with Crippen LogP contribution in [0.4, 0.5) is 5.69 Å². The van der Waals surface area contributed by atoms with Crippen molar-refractivity contribution in [1.82, 2.24) is 0 Å². The summed E-state index contributed by atoms with van der Waals surface area (Å²) >= 11 is 6.07. The highest BCUT2D eigenvalue weighted by Gasteiger charge is 2.08. The first kappa shape index (κ1) is 14.1. The summed E-state index contributed by atoms with van der Waals surface area (Å²) in [6.45, 7) is 5.01. The summed E-state index contributed by atoms with van der Waals surface area (Å²) in [6.07, 6.45) is 0.951. The molecule has 1 aromatic carbocycles. The van der Waals surface area contributed by atoms with Crippen molar-refractivity contribution < 1.29 is 9.84 Å². The number of halogens is 1. The lowest BCUT2D eigenvalue weighted by Crippen LogP contribution is -2.17.